The lowest BCUT2D eigenvalue weighted by Gasteiger charge is -2.07. The van der Waals surface area contributed by atoms with Crippen LogP contribution in [0.1, 0.15) is 22.3 Å². The fourth-order valence-corrected chi connectivity index (χ4v) is 3.84. The normalized spacial score (nSPS) is 11.4. The molecule has 0 unspecified atom stereocenters. The Morgan fingerprint density at radius 3 is 1.38 bits per heavy atom. The Bertz CT molecular complexity index is 921. The summed E-state index contributed by atoms with van der Waals surface area (Å²) in [7, 11) is -3.45. The highest BCUT2D eigenvalue weighted by atomic mass is 32.2. The molecule has 0 N–H and O–H groups in total. The molecule has 0 aliphatic rings. The van der Waals surface area contributed by atoms with E-state index in [1.807, 2.05) is 31.2 Å². The molecule has 2 nitrogen and oxygen atoms in total. The van der Waals surface area contributed by atoms with Gasteiger partial charge in [0.2, 0.25) is 9.84 Å². The minimum absolute atomic E-state index is 0.332. The van der Waals surface area contributed by atoms with Crippen LogP contribution in [0.4, 0.5) is 0 Å². The molecule has 0 fully saturated rings. The lowest BCUT2D eigenvalue weighted by molar-refractivity contribution is 0.596. The molecule has 0 spiro atoms. The van der Waals surface area contributed by atoms with E-state index in [0.717, 1.165) is 17.5 Å². The summed E-state index contributed by atoms with van der Waals surface area (Å²) in [5.74, 6) is 0. The predicted octanol–water partition coefficient (Wildman–Crippen LogP) is 4.73. The van der Waals surface area contributed by atoms with Gasteiger partial charge in [-0.25, -0.2) is 8.42 Å². The van der Waals surface area contributed by atoms with Crippen molar-refractivity contribution in [2.24, 2.45) is 0 Å². The van der Waals surface area contributed by atoms with Crippen molar-refractivity contribution in [3.63, 3.8) is 0 Å². The molecule has 122 valence electrons. The van der Waals surface area contributed by atoms with Crippen molar-refractivity contribution in [1.82, 2.24) is 0 Å². The lowest BCUT2D eigenvalue weighted by atomic mass is 10.0. The van der Waals surface area contributed by atoms with E-state index in [9.17, 15) is 8.42 Å². The van der Waals surface area contributed by atoms with Gasteiger partial charge in [0.05, 0.1) is 9.79 Å². The van der Waals surface area contributed by atoms with Crippen molar-refractivity contribution in [3.05, 3.63) is 95.1 Å². The third-order valence-corrected chi connectivity index (χ3v) is 5.88. The molecule has 3 rings (SSSR count). The van der Waals surface area contributed by atoms with Gasteiger partial charge in [0.25, 0.3) is 0 Å². The molecule has 0 saturated heterocycles. The maximum atomic E-state index is 12.7. The van der Waals surface area contributed by atoms with Crippen molar-refractivity contribution in [1.29, 1.82) is 0 Å². The topological polar surface area (TPSA) is 34.1 Å². The van der Waals surface area contributed by atoms with Crippen LogP contribution in [-0.4, -0.2) is 8.42 Å². The largest absolute Gasteiger partial charge is 0.219 e. The summed E-state index contributed by atoms with van der Waals surface area (Å²) in [5.41, 5.74) is 4.59. The Hall–Kier alpha value is -2.39. The van der Waals surface area contributed by atoms with Gasteiger partial charge in [0.15, 0.2) is 0 Å². The number of hydrogen-bond donors (Lipinski definition) is 0. The van der Waals surface area contributed by atoms with Gasteiger partial charge in [-0.15, -0.1) is 0 Å². The van der Waals surface area contributed by atoms with Crippen LogP contribution in [0.5, 0.6) is 0 Å². The summed E-state index contributed by atoms with van der Waals surface area (Å²) >= 11 is 0. The average molecular weight is 336 g/mol. The van der Waals surface area contributed by atoms with E-state index in [0.29, 0.717) is 9.79 Å². The SMILES string of the molecule is Cc1ccc(Cc2ccc(S(=O)(=O)c3ccc(C)cc3)cc2)cc1. The van der Waals surface area contributed by atoms with Crippen LogP contribution in [0, 0.1) is 13.8 Å². The molecular weight excluding hydrogens is 316 g/mol. The number of hydrogen-bond acceptors (Lipinski definition) is 2. The van der Waals surface area contributed by atoms with Crippen LogP contribution in [0.25, 0.3) is 0 Å². The van der Waals surface area contributed by atoms with Gasteiger partial charge in [0, 0.05) is 0 Å². The second kappa shape index (κ2) is 6.62. The molecule has 0 aliphatic carbocycles. The smallest absolute Gasteiger partial charge is 0.206 e. The molecule has 0 saturated carbocycles. The van der Waals surface area contributed by atoms with Gasteiger partial charge in [-0.2, -0.15) is 0 Å². The van der Waals surface area contributed by atoms with Gasteiger partial charge in [-0.3, -0.25) is 0 Å². The van der Waals surface area contributed by atoms with Gasteiger partial charge in [-0.05, 0) is 55.7 Å². The third kappa shape index (κ3) is 3.57. The third-order valence-electron chi connectivity index (χ3n) is 4.09. The summed E-state index contributed by atoms with van der Waals surface area (Å²) in [6.45, 7) is 4.00. The van der Waals surface area contributed by atoms with Crippen LogP contribution < -0.4 is 0 Å². The van der Waals surface area contributed by atoms with E-state index in [-0.39, 0.29) is 0 Å². The van der Waals surface area contributed by atoms with E-state index >= 15 is 0 Å². The van der Waals surface area contributed by atoms with Crippen LogP contribution >= 0.6 is 0 Å². The highest BCUT2D eigenvalue weighted by Gasteiger charge is 2.17. The minimum atomic E-state index is -3.45. The summed E-state index contributed by atoms with van der Waals surface area (Å²) in [4.78, 5) is 0.665. The summed E-state index contributed by atoms with van der Waals surface area (Å²) in [5, 5.41) is 0. The van der Waals surface area contributed by atoms with E-state index in [1.165, 1.54) is 11.1 Å². The highest BCUT2D eigenvalue weighted by molar-refractivity contribution is 7.91. The van der Waals surface area contributed by atoms with E-state index in [2.05, 4.69) is 31.2 Å². The fourth-order valence-electron chi connectivity index (χ4n) is 2.58. The van der Waals surface area contributed by atoms with Crippen molar-refractivity contribution in [3.8, 4) is 0 Å². The molecule has 0 heterocycles. The highest BCUT2D eigenvalue weighted by Crippen LogP contribution is 2.22. The second-order valence-electron chi connectivity index (χ2n) is 6.12. The number of sulfone groups is 1. The molecular formula is C21H20O2S. The molecule has 0 aromatic heterocycles. The molecule has 0 radical (unpaired) electrons. The fraction of sp³-hybridized carbons (Fsp3) is 0.143. The zero-order valence-electron chi connectivity index (χ0n) is 13.9. The van der Waals surface area contributed by atoms with E-state index < -0.39 is 9.84 Å². The molecule has 3 aromatic rings. The predicted molar refractivity (Wildman–Crippen MR) is 97.1 cm³/mol. The number of rotatable bonds is 4. The first kappa shape index (κ1) is 16.5. The van der Waals surface area contributed by atoms with Crippen molar-refractivity contribution in [2.75, 3.05) is 0 Å². The Morgan fingerprint density at radius 2 is 0.917 bits per heavy atom. The van der Waals surface area contributed by atoms with Crippen molar-refractivity contribution >= 4 is 9.84 Å². The average Bonchev–Trinajstić information content (AvgIpc) is 2.58. The quantitative estimate of drug-likeness (QED) is 0.690. The summed E-state index contributed by atoms with van der Waals surface area (Å²) in [6.07, 6.45) is 0.797. The maximum absolute atomic E-state index is 12.7. The van der Waals surface area contributed by atoms with E-state index in [4.69, 9.17) is 0 Å². The monoisotopic (exact) mass is 336 g/mol. The molecule has 24 heavy (non-hydrogen) atoms. The van der Waals surface area contributed by atoms with Crippen molar-refractivity contribution in [2.45, 2.75) is 30.1 Å². The first-order chi connectivity index (χ1) is 11.4. The summed E-state index contributed by atoms with van der Waals surface area (Å²) < 4.78 is 25.3. The van der Waals surface area contributed by atoms with Crippen LogP contribution in [0.3, 0.4) is 0 Å². The Kier molecular flexibility index (Phi) is 4.54. The zero-order valence-corrected chi connectivity index (χ0v) is 14.7. The second-order valence-corrected chi connectivity index (χ2v) is 8.07. The molecule has 0 atom stereocenters. The van der Waals surface area contributed by atoms with Gasteiger partial charge < -0.3 is 0 Å². The minimum Gasteiger partial charge on any atom is -0.219 e. The molecule has 0 aliphatic heterocycles. The molecule has 0 amide bonds. The lowest BCUT2D eigenvalue weighted by Crippen LogP contribution is -2.02. The van der Waals surface area contributed by atoms with Crippen LogP contribution in [-0.2, 0) is 16.3 Å². The van der Waals surface area contributed by atoms with E-state index in [1.54, 1.807) is 24.3 Å². The van der Waals surface area contributed by atoms with Gasteiger partial charge in [-0.1, -0.05) is 59.7 Å². The Balaban J connectivity index is 1.83. The Morgan fingerprint density at radius 1 is 0.583 bits per heavy atom. The summed E-state index contributed by atoms with van der Waals surface area (Å²) in [6, 6.07) is 22.5. The number of aryl methyl sites for hydroxylation is 2. The molecule has 0 bridgehead atoms. The first-order valence-electron chi connectivity index (χ1n) is 7.91. The van der Waals surface area contributed by atoms with Crippen LogP contribution in [0.2, 0.25) is 0 Å². The first-order valence-corrected chi connectivity index (χ1v) is 9.40. The Labute approximate surface area is 143 Å². The molecule has 3 aromatic carbocycles. The maximum Gasteiger partial charge on any atom is 0.206 e. The standard InChI is InChI=1S/C21H20O2S/c1-16-3-7-18(8-4-16)15-19-9-13-21(14-10-19)24(22,23)20-11-5-17(2)6-12-20/h3-14H,15H2,1-2H3. The number of benzene rings is 3. The van der Waals surface area contributed by atoms with Gasteiger partial charge in [0.1, 0.15) is 0 Å². The zero-order chi connectivity index (χ0) is 17.2. The van der Waals surface area contributed by atoms with Crippen molar-refractivity contribution < 1.29 is 8.42 Å². The molecule has 3 heteroatoms. The van der Waals surface area contributed by atoms with Gasteiger partial charge >= 0.3 is 0 Å². The van der Waals surface area contributed by atoms with Crippen LogP contribution in [0.15, 0.2) is 82.6 Å².